The van der Waals surface area contributed by atoms with Gasteiger partial charge in [-0.25, -0.2) is 0 Å². The molecule has 2 nitrogen and oxygen atoms in total. The summed E-state index contributed by atoms with van der Waals surface area (Å²) in [4.78, 5) is 2.65. The highest BCUT2D eigenvalue weighted by atomic mass is 15.1. The molecule has 0 aromatic heterocycles. The van der Waals surface area contributed by atoms with Gasteiger partial charge in [0.2, 0.25) is 0 Å². The van der Waals surface area contributed by atoms with Gasteiger partial charge in [0.15, 0.2) is 0 Å². The lowest BCUT2D eigenvalue weighted by Gasteiger charge is -2.33. The van der Waals surface area contributed by atoms with Crippen LogP contribution in [-0.4, -0.2) is 31.6 Å². The Hall–Kier alpha value is -1.64. The fourth-order valence-electron chi connectivity index (χ4n) is 3.84. The summed E-state index contributed by atoms with van der Waals surface area (Å²) in [6.45, 7) is 3.70. The van der Waals surface area contributed by atoms with Crippen LogP contribution in [0.4, 0.5) is 0 Å². The normalized spacial score (nSPS) is 17.7. The first-order valence-electron chi connectivity index (χ1n) is 9.33. The van der Waals surface area contributed by atoms with E-state index in [2.05, 4.69) is 77.9 Å². The summed E-state index contributed by atoms with van der Waals surface area (Å²) < 4.78 is 0. The molecule has 128 valence electrons. The Balaban J connectivity index is 1.42. The predicted octanol–water partition coefficient (Wildman–Crippen LogP) is 4.29. The minimum absolute atomic E-state index is 0.466. The Morgan fingerprint density at radius 3 is 2.21 bits per heavy atom. The van der Waals surface area contributed by atoms with E-state index >= 15 is 0 Å². The lowest BCUT2D eigenvalue weighted by Crippen LogP contribution is -2.36. The molecule has 1 atom stereocenters. The Bertz CT molecular complexity index is 573. The molecule has 0 bridgehead atoms. The number of nitrogens with zero attached hydrogens (tertiary/aromatic N) is 1. The van der Waals surface area contributed by atoms with E-state index in [9.17, 15) is 0 Å². The number of piperidine rings is 1. The van der Waals surface area contributed by atoms with Crippen molar-refractivity contribution in [3.8, 4) is 0 Å². The summed E-state index contributed by atoms with van der Waals surface area (Å²) in [7, 11) is 2.07. The second-order valence-electron chi connectivity index (χ2n) is 7.02. The van der Waals surface area contributed by atoms with Crippen LogP contribution in [0.1, 0.15) is 36.4 Å². The summed E-state index contributed by atoms with van der Waals surface area (Å²) in [5.74, 6) is 0.859. The van der Waals surface area contributed by atoms with Crippen molar-refractivity contribution < 1.29 is 0 Å². The highest BCUT2D eigenvalue weighted by Crippen LogP contribution is 2.23. The zero-order chi connectivity index (χ0) is 16.6. The van der Waals surface area contributed by atoms with Crippen molar-refractivity contribution in [2.45, 2.75) is 31.7 Å². The Morgan fingerprint density at radius 1 is 0.958 bits per heavy atom. The lowest BCUT2D eigenvalue weighted by atomic mass is 9.90. The van der Waals surface area contributed by atoms with Gasteiger partial charge < -0.3 is 10.2 Å². The Kier molecular flexibility index (Phi) is 6.45. The van der Waals surface area contributed by atoms with Gasteiger partial charge in [-0.3, -0.25) is 0 Å². The largest absolute Gasteiger partial charge is 0.313 e. The topological polar surface area (TPSA) is 15.3 Å². The third-order valence-corrected chi connectivity index (χ3v) is 5.36. The molecular formula is C22H30N2. The van der Waals surface area contributed by atoms with Crippen molar-refractivity contribution in [2.24, 2.45) is 5.92 Å². The predicted molar refractivity (Wildman–Crippen MR) is 102 cm³/mol. The van der Waals surface area contributed by atoms with Crippen LogP contribution in [-0.2, 0) is 6.42 Å². The van der Waals surface area contributed by atoms with Crippen molar-refractivity contribution in [1.82, 2.24) is 10.2 Å². The molecule has 1 aliphatic rings. The third-order valence-electron chi connectivity index (χ3n) is 5.36. The van der Waals surface area contributed by atoms with Crippen LogP contribution in [0.5, 0.6) is 0 Å². The van der Waals surface area contributed by atoms with Gasteiger partial charge in [-0.1, -0.05) is 60.7 Å². The van der Waals surface area contributed by atoms with E-state index in [1.165, 1.54) is 56.4 Å². The standard InChI is InChI=1S/C22H30N2/c1-23-22(21-10-6-3-7-11-21)14-17-24-15-12-20(13-16-24)18-19-8-4-2-5-9-19/h2-11,20,22-23H,12-18H2,1H3. The van der Waals surface area contributed by atoms with E-state index in [4.69, 9.17) is 0 Å². The lowest BCUT2D eigenvalue weighted by molar-refractivity contribution is 0.177. The number of nitrogens with one attached hydrogen (secondary N) is 1. The highest BCUT2D eigenvalue weighted by Gasteiger charge is 2.20. The fourth-order valence-corrected chi connectivity index (χ4v) is 3.84. The van der Waals surface area contributed by atoms with E-state index in [1.54, 1.807) is 0 Å². The Morgan fingerprint density at radius 2 is 1.58 bits per heavy atom. The van der Waals surface area contributed by atoms with E-state index in [0.29, 0.717) is 6.04 Å². The van der Waals surface area contributed by atoms with Crippen LogP contribution in [0.25, 0.3) is 0 Å². The molecule has 1 fully saturated rings. The van der Waals surface area contributed by atoms with Gasteiger partial charge in [-0.2, -0.15) is 0 Å². The van der Waals surface area contributed by atoms with Crippen LogP contribution in [0.15, 0.2) is 60.7 Å². The fraction of sp³-hybridized carbons (Fsp3) is 0.455. The van der Waals surface area contributed by atoms with E-state index in [0.717, 1.165) is 5.92 Å². The number of hydrogen-bond donors (Lipinski definition) is 1. The first-order chi connectivity index (χ1) is 11.8. The summed E-state index contributed by atoms with van der Waals surface area (Å²) in [5, 5.41) is 3.47. The molecule has 0 amide bonds. The van der Waals surface area contributed by atoms with Crippen LogP contribution in [0.3, 0.4) is 0 Å². The van der Waals surface area contributed by atoms with Crippen molar-refractivity contribution in [2.75, 3.05) is 26.7 Å². The van der Waals surface area contributed by atoms with Crippen molar-refractivity contribution >= 4 is 0 Å². The van der Waals surface area contributed by atoms with E-state index in [-0.39, 0.29) is 0 Å². The van der Waals surface area contributed by atoms with Crippen molar-refractivity contribution in [3.63, 3.8) is 0 Å². The maximum absolute atomic E-state index is 3.47. The number of rotatable bonds is 7. The molecule has 0 aliphatic carbocycles. The first kappa shape index (κ1) is 17.2. The van der Waals surface area contributed by atoms with Gasteiger partial charge in [0.05, 0.1) is 0 Å². The van der Waals surface area contributed by atoms with Gasteiger partial charge >= 0.3 is 0 Å². The summed E-state index contributed by atoms with van der Waals surface area (Å²) in [5.41, 5.74) is 2.90. The molecule has 1 unspecified atom stereocenters. The molecule has 2 aromatic carbocycles. The van der Waals surface area contributed by atoms with Gasteiger partial charge in [-0.15, -0.1) is 0 Å². The average Bonchev–Trinajstić information content (AvgIpc) is 2.65. The van der Waals surface area contributed by atoms with Crippen molar-refractivity contribution in [3.05, 3.63) is 71.8 Å². The number of hydrogen-bond acceptors (Lipinski definition) is 2. The maximum Gasteiger partial charge on any atom is 0.0329 e. The molecule has 0 radical (unpaired) electrons. The van der Waals surface area contributed by atoms with Gasteiger partial charge in [-0.05, 0) is 69.4 Å². The van der Waals surface area contributed by atoms with E-state index in [1.807, 2.05) is 0 Å². The summed E-state index contributed by atoms with van der Waals surface area (Å²) >= 11 is 0. The highest BCUT2D eigenvalue weighted by molar-refractivity contribution is 5.19. The zero-order valence-corrected chi connectivity index (χ0v) is 14.8. The molecule has 3 rings (SSSR count). The molecule has 2 heteroatoms. The minimum Gasteiger partial charge on any atom is -0.313 e. The number of likely N-dealkylation sites (tertiary alicyclic amines) is 1. The van der Waals surface area contributed by atoms with Gasteiger partial charge in [0.1, 0.15) is 0 Å². The van der Waals surface area contributed by atoms with Crippen LogP contribution in [0.2, 0.25) is 0 Å². The van der Waals surface area contributed by atoms with Gasteiger partial charge in [0, 0.05) is 6.04 Å². The Labute approximate surface area is 146 Å². The smallest absolute Gasteiger partial charge is 0.0329 e. The second-order valence-corrected chi connectivity index (χ2v) is 7.02. The SMILES string of the molecule is CNC(CCN1CCC(Cc2ccccc2)CC1)c1ccccc1. The minimum atomic E-state index is 0.466. The average molecular weight is 322 g/mol. The maximum atomic E-state index is 3.47. The van der Waals surface area contributed by atoms with Crippen molar-refractivity contribution in [1.29, 1.82) is 0 Å². The molecule has 24 heavy (non-hydrogen) atoms. The van der Waals surface area contributed by atoms with Gasteiger partial charge in [0.25, 0.3) is 0 Å². The molecule has 1 N–H and O–H groups in total. The van der Waals surface area contributed by atoms with Crippen LogP contribution in [0, 0.1) is 5.92 Å². The zero-order valence-electron chi connectivity index (χ0n) is 14.8. The summed E-state index contributed by atoms with van der Waals surface area (Å²) in [6.07, 6.45) is 5.11. The molecule has 2 aromatic rings. The summed E-state index contributed by atoms with van der Waals surface area (Å²) in [6, 6.07) is 22.2. The second kappa shape index (κ2) is 9.00. The van der Waals surface area contributed by atoms with Crippen LogP contribution >= 0.6 is 0 Å². The third kappa shape index (κ3) is 4.93. The monoisotopic (exact) mass is 322 g/mol. The van der Waals surface area contributed by atoms with E-state index < -0.39 is 0 Å². The van der Waals surface area contributed by atoms with Crippen LogP contribution < -0.4 is 5.32 Å². The molecule has 1 aliphatic heterocycles. The molecule has 1 saturated heterocycles. The molecular weight excluding hydrogens is 292 g/mol. The number of benzene rings is 2. The quantitative estimate of drug-likeness (QED) is 0.818. The molecule has 0 saturated carbocycles. The molecule has 1 heterocycles. The molecule has 0 spiro atoms. The first-order valence-corrected chi connectivity index (χ1v) is 9.33.